The summed E-state index contributed by atoms with van der Waals surface area (Å²) in [7, 11) is -0.520. The molecular formula is C23H33N3OS. The number of benzene rings is 2. The van der Waals surface area contributed by atoms with Crippen LogP contribution in [0.4, 0.5) is 11.4 Å². The second-order valence-corrected chi connectivity index (χ2v) is 10.0. The highest BCUT2D eigenvalue weighted by atomic mass is 32.2. The topological polar surface area (TPSA) is 45.0 Å². The van der Waals surface area contributed by atoms with Crippen LogP contribution in [-0.4, -0.2) is 34.8 Å². The molecule has 0 spiro atoms. The fourth-order valence-corrected chi connectivity index (χ4v) is 4.99. The first-order chi connectivity index (χ1) is 13.2. The molecule has 0 heterocycles. The molecule has 4 nitrogen and oxygen atoms in total. The molecule has 0 bridgehead atoms. The van der Waals surface area contributed by atoms with Gasteiger partial charge < -0.3 is 4.90 Å². The van der Waals surface area contributed by atoms with E-state index in [1.807, 2.05) is 74.6 Å². The monoisotopic (exact) mass is 399 g/mol. The minimum atomic E-state index is -2.52. The van der Waals surface area contributed by atoms with Gasteiger partial charge in [0.05, 0.1) is 27.4 Å². The zero-order chi connectivity index (χ0) is 20.7. The van der Waals surface area contributed by atoms with Gasteiger partial charge in [-0.1, -0.05) is 32.0 Å². The van der Waals surface area contributed by atoms with Crippen molar-refractivity contribution in [3.8, 4) is 0 Å². The minimum absolute atomic E-state index is 0.481. The molecule has 1 atom stereocenters. The average molecular weight is 400 g/mol. The van der Waals surface area contributed by atoms with E-state index in [2.05, 4.69) is 25.8 Å². The summed E-state index contributed by atoms with van der Waals surface area (Å²) in [4.78, 5) is 7.41. The molecule has 28 heavy (non-hydrogen) atoms. The molecule has 0 aliphatic rings. The molecule has 0 fully saturated rings. The summed E-state index contributed by atoms with van der Waals surface area (Å²) >= 11 is 0. The van der Waals surface area contributed by atoms with E-state index in [0.717, 1.165) is 40.4 Å². The van der Waals surface area contributed by atoms with Crippen molar-refractivity contribution in [3.05, 3.63) is 53.6 Å². The van der Waals surface area contributed by atoms with Gasteiger partial charge >= 0.3 is 0 Å². The summed E-state index contributed by atoms with van der Waals surface area (Å²) in [6.07, 6.45) is 2.72. The lowest BCUT2D eigenvalue weighted by Crippen LogP contribution is -2.14. The highest BCUT2D eigenvalue weighted by molar-refractivity contribution is 7.93. The van der Waals surface area contributed by atoms with Crippen LogP contribution in [0.2, 0.25) is 0 Å². The Morgan fingerprint density at radius 3 is 2.29 bits per heavy atom. The van der Waals surface area contributed by atoms with E-state index in [0.29, 0.717) is 11.7 Å². The molecule has 1 unspecified atom stereocenters. The standard InChI is InChI=1S/C23H33N3OS/c1-7-26(6)17-24-22-15-20(5)23(16-19(22)4)25-28(27,14-13-18(2)3)21-11-9-8-10-12-21/h8-12,15-18H,7,13-14H2,1-6H3/b24-17+. The van der Waals surface area contributed by atoms with Crippen molar-refractivity contribution in [2.75, 3.05) is 19.3 Å². The van der Waals surface area contributed by atoms with E-state index in [9.17, 15) is 4.21 Å². The zero-order valence-corrected chi connectivity index (χ0v) is 18.8. The number of aryl methyl sites for hydroxylation is 2. The summed E-state index contributed by atoms with van der Waals surface area (Å²) < 4.78 is 18.7. The van der Waals surface area contributed by atoms with Gasteiger partial charge in [-0.25, -0.2) is 9.20 Å². The van der Waals surface area contributed by atoms with Crippen molar-refractivity contribution < 1.29 is 4.21 Å². The van der Waals surface area contributed by atoms with Crippen LogP contribution in [0.1, 0.15) is 38.3 Å². The molecule has 0 amide bonds. The third-order valence-corrected chi connectivity index (χ3v) is 7.03. The molecular weight excluding hydrogens is 366 g/mol. The molecule has 0 N–H and O–H groups in total. The van der Waals surface area contributed by atoms with Gasteiger partial charge in [-0.15, -0.1) is 0 Å². The third kappa shape index (κ3) is 5.93. The van der Waals surface area contributed by atoms with Crippen LogP contribution in [0.15, 0.2) is 56.7 Å². The van der Waals surface area contributed by atoms with Crippen LogP contribution >= 0.6 is 0 Å². The van der Waals surface area contributed by atoms with Gasteiger partial charge in [0.1, 0.15) is 0 Å². The molecule has 0 radical (unpaired) electrons. The summed E-state index contributed by atoms with van der Waals surface area (Å²) in [5.41, 5.74) is 3.73. The Hall–Kier alpha value is -2.14. The van der Waals surface area contributed by atoms with Gasteiger partial charge in [0.25, 0.3) is 0 Å². The molecule has 2 aromatic carbocycles. The van der Waals surface area contributed by atoms with Gasteiger partial charge in [0.2, 0.25) is 0 Å². The average Bonchev–Trinajstić information content (AvgIpc) is 2.68. The van der Waals surface area contributed by atoms with E-state index in [-0.39, 0.29) is 0 Å². The van der Waals surface area contributed by atoms with Crippen LogP contribution in [0.25, 0.3) is 0 Å². The van der Waals surface area contributed by atoms with Crippen molar-refractivity contribution >= 4 is 27.4 Å². The van der Waals surface area contributed by atoms with E-state index < -0.39 is 9.73 Å². The Morgan fingerprint density at radius 1 is 1.07 bits per heavy atom. The number of hydrogen-bond acceptors (Lipinski definition) is 3. The van der Waals surface area contributed by atoms with E-state index in [4.69, 9.17) is 4.36 Å². The first-order valence-corrected chi connectivity index (χ1v) is 11.6. The molecule has 0 aromatic heterocycles. The number of rotatable bonds is 8. The van der Waals surface area contributed by atoms with Crippen LogP contribution < -0.4 is 0 Å². The van der Waals surface area contributed by atoms with Crippen LogP contribution in [0.3, 0.4) is 0 Å². The maximum atomic E-state index is 13.9. The molecule has 0 saturated carbocycles. The fraction of sp³-hybridized carbons (Fsp3) is 0.435. The molecule has 2 rings (SSSR count). The molecule has 2 aromatic rings. The predicted molar refractivity (Wildman–Crippen MR) is 122 cm³/mol. The fourth-order valence-electron chi connectivity index (χ4n) is 2.67. The normalized spacial score (nSPS) is 13.7. The van der Waals surface area contributed by atoms with Crippen molar-refractivity contribution in [2.45, 2.75) is 45.9 Å². The number of aliphatic imine (C=N–C) groups is 1. The Morgan fingerprint density at radius 2 is 1.68 bits per heavy atom. The molecule has 0 aliphatic carbocycles. The van der Waals surface area contributed by atoms with Gasteiger partial charge in [-0.05, 0) is 68.5 Å². The SMILES string of the molecule is CCN(C)/C=N/c1cc(C)c(N=S(=O)(CCC(C)C)c2ccccc2)cc1C. The quantitative estimate of drug-likeness (QED) is 0.396. The van der Waals surface area contributed by atoms with Gasteiger partial charge in [0, 0.05) is 24.2 Å². The van der Waals surface area contributed by atoms with Crippen LogP contribution in [0.5, 0.6) is 0 Å². The highest BCUT2D eigenvalue weighted by Crippen LogP contribution is 2.31. The summed E-state index contributed by atoms with van der Waals surface area (Å²) in [5, 5.41) is 0. The summed E-state index contributed by atoms with van der Waals surface area (Å²) in [5.74, 6) is 1.05. The lowest BCUT2D eigenvalue weighted by Gasteiger charge is -2.14. The lowest BCUT2D eigenvalue weighted by atomic mass is 10.1. The molecule has 0 saturated heterocycles. The maximum absolute atomic E-state index is 13.9. The predicted octanol–water partition coefficient (Wildman–Crippen LogP) is 6.12. The van der Waals surface area contributed by atoms with E-state index in [1.165, 1.54) is 0 Å². The first-order valence-electron chi connectivity index (χ1n) is 9.90. The van der Waals surface area contributed by atoms with Crippen molar-refractivity contribution in [2.24, 2.45) is 15.3 Å². The van der Waals surface area contributed by atoms with Gasteiger partial charge in [0.15, 0.2) is 0 Å². The Labute approximate surface area is 170 Å². The van der Waals surface area contributed by atoms with E-state index >= 15 is 0 Å². The van der Waals surface area contributed by atoms with E-state index in [1.54, 1.807) is 0 Å². The molecule has 0 aliphatic heterocycles. The maximum Gasteiger partial charge on any atom is 0.0909 e. The number of nitrogens with zero attached hydrogens (tertiary/aromatic N) is 3. The second kappa shape index (κ2) is 9.87. The van der Waals surface area contributed by atoms with Gasteiger partial charge in [-0.2, -0.15) is 4.36 Å². The first kappa shape index (κ1) is 22.2. The lowest BCUT2D eigenvalue weighted by molar-refractivity contribution is 0.552. The minimum Gasteiger partial charge on any atom is -0.366 e. The summed E-state index contributed by atoms with van der Waals surface area (Å²) in [6, 6.07) is 13.7. The van der Waals surface area contributed by atoms with Gasteiger partial charge in [-0.3, -0.25) is 0 Å². The summed E-state index contributed by atoms with van der Waals surface area (Å²) in [6.45, 7) is 11.3. The molecule has 152 valence electrons. The molecule has 5 heteroatoms. The van der Waals surface area contributed by atoms with Crippen molar-refractivity contribution in [3.63, 3.8) is 0 Å². The zero-order valence-electron chi connectivity index (χ0n) is 18.0. The highest BCUT2D eigenvalue weighted by Gasteiger charge is 2.15. The smallest absolute Gasteiger partial charge is 0.0909 e. The Bertz CT molecular complexity index is 926. The van der Waals surface area contributed by atoms with Crippen molar-refractivity contribution in [1.82, 2.24) is 4.90 Å². The Kier molecular flexibility index (Phi) is 7.81. The number of hydrogen-bond donors (Lipinski definition) is 0. The van der Waals surface area contributed by atoms with Crippen LogP contribution in [-0.2, 0) is 9.73 Å². The third-order valence-electron chi connectivity index (χ3n) is 4.74. The van der Waals surface area contributed by atoms with Crippen molar-refractivity contribution in [1.29, 1.82) is 0 Å². The Balaban J connectivity index is 2.50. The largest absolute Gasteiger partial charge is 0.366 e. The second-order valence-electron chi connectivity index (χ2n) is 7.67. The van der Waals surface area contributed by atoms with Crippen LogP contribution in [0, 0.1) is 19.8 Å².